The molecule has 8 unspecified atom stereocenters. The highest BCUT2D eigenvalue weighted by Crippen LogP contribution is 2.34. The van der Waals surface area contributed by atoms with E-state index < -0.39 is 161 Å². The van der Waals surface area contributed by atoms with Crippen LogP contribution in [0.5, 0.6) is 0 Å². The Labute approximate surface area is 291 Å². The fourth-order valence-electron chi connectivity index (χ4n) is 6.60. The maximum atomic E-state index is 12.3. The first kappa shape index (κ1) is 42.0. The molecule has 296 valence electrons. The van der Waals surface area contributed by atoms with Crippen molar-refractivity contribution in [3.8, 4) is 0 Å². The fraction of sp³-hybridized carbons (Fsp3) is 0.931. The molecule has 13 N–H and O–H groups in total. The number of aliphatic hydroxyl groups is 11. The minimum Gasteiger partial charge on any atom is -0.394 e. The second kappa shape index (κ2) is 18.0. The molecule has 0 bridgehead atoms. The van der Waals surface area contributed by atoms with Crippen LogP contribution in [0.4, 0.5) is 0 Å². The molecule has 51 heavy (non-hydrogen) atoms. The zero-order valence-electron chi connectivity index (χ0n) is 28.0. The quantitative estimate of drug-likeness (QED) is 0.0881. The Morgan fingerprint density at radius 3 is 1.43 bits per heavy atom. The number of ether oxygens (including phenoxy) is 7. The second-order valence-corrected chi connectivity index (χ2v) is 12.9. The minimum absolute atomic E-state index is 0.500. The number of hydrogen-bond donors (Lipinski definition) is 13. The third-order valence-corrected chi connectivity index (χ3v) is 9.28. The molecule has 4 aliphatic heterocycles. The molecular formula is C29H50N2O20. The Kier molecular flexibility index (Phi) is 14.8. The highest BCUT2D eigenvalue weighted by Gasteiger charge is 2.55. The van der Waals surface area contributed by atoms with Crippen molar-refractivity contribution in [2.75, 3.05) is 26.4 Å². The second-order valence-electron chi connectivity index (χ2n) is 12.9. The summed E-state index contributed by atoms with van der Waals surface area (Å²) in [4.78, 5) is 24.0. The first-order chi connectivity index (χ1) is 24.1. The summed E-state index contributed by atoms with van der Waals surface area (Å²) < 4.78 is 39.8. The molecule has 4 saturated heterocycles. The van der Waals surface area contributed by atoms with Gasteiger partial charge in [-0.25, -0.2) is 0 Å². The average molecular weight is 747 g/mol. The summed E-state index contributed by atoms with van der Waals surface area (Å²) in [6.07, 6.45) is -29.4. The molecular weight excluding hydrogens is 696 g/mol. The van der Waals surface area contributed by atoms with Crippen LogP contribution in [0.2, 0.25) is 0 Å². The van der Waals surface area contributed by atoms with Crippen LogP contribution in [0.15, 0.2) is 0 Å². The molecule has 22 heteroatoms. The highest BCUT2D eigenvalue weighted by molar-refractivity contribution is 5.73. The molecule has 2 amide bonds. The predicted molar refractivity (Wildman–Crippen MR) is 161 cm³/mol. The molecule has 0 aliphatic carbocycles. The molecule has 4 aliphatic rings. The van der Waals surface area contributed by atoms with Gasteiger partial charge in [0.1, 0.15) is 91.5 Å². The van der Waals surface area contributed by atoms with Gasteiger partial charge in [0.05, 0.1) is 38.6 Å². The van der Waals surface area contributed by atoms with Crippen molar-refractivity contribution in [1.82, 2.24) is 10.6 Å². The number of carbonyl (C=O) groups excluding carboxylic acids is 2. The number of amides is 2. The molecule has 0 aromatic heterocycles. The molecule has 0 saturated carbocycles. The van der Waals surface area contributed by atoms with Gasteiger partial charge in [-0.05, 0) is 6.92 Å². The van der Waals surface area contributed by atoms with E-state index in [-0.39, 0.29) is 0 Å². The van der Waals surface area contributed by atoms with Crippen molar-refractivity contribution in [1.29, 1.82) is 0 Å². The van der Waals surface area contributed by atoms with Gasteiger partial charge in [0.2, 0.25) is 11.8 Å². The summed E-state index contributed by atoms with van der Waals surface area (Å²) in [5.41, 5.74) is 0. The summed E-state index contributed by atoms with van der Waals surface area (Å²) in [7, 11) is 0. The lowest BCUT2D eigenvalue weighted by molar-refractivity contribution is -0.378. The summed E-state index contributed by atoms with van der Waals surface area (Å²) in [5.74, 6) is -1.20. The molecule has 4 rings (SSSR count). The summed E-state index contributed by atoms with van der Waals surface area (Å²) in [6.45, 7) is 0.642. The van der Waals surface area contributed by atoms with E-state index in [0.29, 0.717) is 0 Å². The SMILES string of the molecule is CC(=O)NC1[C@H](O[C@@H]2C(CO)O[C@@H](C)C(NC(C)=O)[C@H]2O)OC(CO)[C@@H](O[C@@H]2OC(CO)[C@@H](O)C(O[C@H]3O[C@H](CO)[C@@H](O)C(O)C3O)[C@H]2O)[C@@H]1O. The number of rotatable bonds is 12. The van der Waals surface area contributed by atoms with E-state index >= 15 is 0 Å². The number of hydrogen-bond acceptors (Lipinski definition) is 20. The van der Waals surface area contributed by atoms with E-state index in [1.54, 1.807) is 6.92 Å². The fourth-order valence-corrected chi connectivity index (χ4v) is 6.60. The molecule has 4 fully saturated rings. The Balaban J connectivity index is 1.56. The zero-order valence-corrected chi connectivity index (χ0v) is 28.0. The highest BCUT2D eigenvalue weighted by atomic mass is 16.8. The van der Waals surface area contributed by atoms with Crippen LogP contribution in [-0.2, 0) is 42.7 Å². The van der Waals surface area contributed by atoms with Crippen LogP contribution in [-0.4, -0.2) is 217 Å². The van der Waals surface area contributed by atoms with Gasteiger partial charge in [0.25, 0.3) is 0 Å². The van der Waals surface area contributed by atoms with Gasteiger partial charge in [-0.15, -0.1) is 0 Å². The van der Waals surface area contributed by atoms with Crippen LogP contribution in [0.1, 0.15) is 20.8 Å². The van der Waals surface area contributed by atoms with Crippen molar-refractivity contribution < 1.29 is 98.9 Å². The van der Waals surface area contributed by atoms with Gasteiger partial charge in [-0.1, -0.05) is 0 Å². The molecule has 4 heterocycles. The molecule has 20 atom stereocenters. The first-order valence-corrected chi connectivity index (χ1v) is 16.4. The van der Waals surface area contributed by atoms with Crippen molar-refractivity contribution in [2.45, 2.75) is 143 Å². The molecule has 0 aromatic rings. The predicted octanol–water partition coefficient (Wildman–Crippen LogP) is -8.39. The van der Waals surface area contributed by atoms with E-state index in [9.17, 15) is 65.8 Å². The van der Waals surface area contributed by atoms with Crippen molar-refractivity contribution in [3.63, 3.8) is 0 Å². The van der Waals surface area contributed by atoms with Crippen LogP contribution in [0.3, 0.4) is 0 Å². The molecule has 0 radical (unpaired) electrons. The average Bonchev–Trinajstić information content (AvgIpc) is 3.09. The normalized spacial score (nSPS) is 47.8. The molecule has 0 spiro atoms. The van der Waals surface area contributed by atoms with E-state index in [2.05, 4.69) is 10.6 Å². The lowest BCUT2D eigenvalue weighted by atomic mass is 9.92. The van der Waals surface area contributed by atoms with E-state index in [1.165, 1.54) is 6.92 Å². The lowest BCUT2D eigenvalue weighted by Crippen LogP contribution is -2.70. The zero-order chi connectivity index (χ0) is 37.9. The number of nitrogens with one attached hydrogen (secondary N) is 2. The Hall–Kier alpha value is -1.78. The van der Waals surface area contributed by atoms with Gasteiger partial charge >= 0.3 is 0 Å². The minimum atomic E-state index is -2.01. The van der Waals surface area contributed by atoms with Crippen LogP contribution in [0.25, 0.3) is 0 Å². The van der Waals surface area contributed by atoms with E-state index in [1.807, 2.05) is 0 Å². The number of carbonyl (C=O) groups is 2. The smallest absolute Gasteiger partial charge is 0.217 e. The number of aliphatic hydroxyl groups excluding tert-OH is 11. The van der Waals surface area contributed by atoms with Crippen molar-refractivity contribution in [2.24, 2.45) is 0 Å². The van der Waals surface area contributed by atoms with Gasteiger partial charge in [-0.3, -0.25) is 9.59 Å². The summed E-state index contributed by atoms with van der Waals surface area (Å²) in [6, 6.07) is -2.54. The monoisotopic (exact) mass is 746 g/mol. The maximum absolute atomic E-state index is 12.3. The van der Waals surface area contributed by atoms with Crippen molar-refractivity contribution >= 4 is 11.8 Å². The Morgan fingerprint density at radius 1 is 0.490 bits per heavy atom. The third kappa shape index (κ3) is 9.13. The first-order valence-electron chi connectivity index (χ1n) is 16.4. The lowest BCUT2D eigenvalue weighted by Gasteiger charge is -2.50. The standard InChI is InChI=1S/C29H50N2O20/c1-8-15(30-9(2)36)19(40)24(13(6-34)45-8)49-27-16(31-10(3)37)20(41)25(14(7-35)48-27)50-29-23(44)26(18(39)12(5-33)47-29)51-28-22(43)21(42)17(38)11(4-32)46-28/h8,11-29,32-35,38-44H,4-7H2,1-3H3,(H,30,36)(H,31,37)/t8-,11+,12?,13?,14?,15?,16?,17+,18+,19+,20+,21?,22?,23+,24+,25+,26?,27-,28+,29-/m0/s1. The molecule has 22 nitrogen and oxygen atoms in total. The van der Waals surface area contributed by atoms with Crippen LogP contribution < -0.4 is 10.6 Å². The van der Waals surface area contributed by atoms with Gasteiger partial charge in [0.15, 0.2) is 18.9 Å². The third-order valence-electron chi connectivity index (χ3n) is 9.28. The summed E-state index contributed by atoms with van der Waals surface area (Å²) in [5, 5.41) is 120. The van der Waals surface area contributed by atoms with Crippen LogP contribution >= 0.6 is 0 Å². The van der Waals surface area contributed by atoms with Gasteiger partial charge in [-0.2, -0.15) is 0 Å². The Bertz CT molecular complexity index is 1140. The van der Waals surface area contributed by atoms with Gasteiger partial charge in [0, 0.05) is 13.8 Å². The van der Waals surface area contributed by atoms with E-state index in [4.69, 9.17) is 33.2 Å². The van der Waals surface area contributed by atoms with E-state index in [0.717, 1.165) is 6.92 Å². The maximum Gasteiger partial charge on any atom is 0.217 e. The van der Waals surface area contributed by atoms with Gasteiger partial charge < -0.3 is 100.0 Å². The van der Waals surface area contributed by atoms with Crippen molar-refractivity contribution in [3.05, 3.63) is 0 Å². The topological polar surface area (TPSA) is 345 Å². The summed E-state index contributed by atoms with van der Waals surface area (Å²) >= 11 is 0. The Morgan fingerprint density at radius 2 is 0.902 bits per heavy atom. The largest absolute Gasteiger partial charge is 0.394 e. The molecule has 0 aromatic carbocycles. The van der Waals surface area contributed by atoms with Crippen LogP contribution in [0, 0.1) is 0 Å².